The molecular weight excluding hydrogens is 665 g/mol. The van der Waals surface area contributed by atoms with Crippen LogP contribution in [-0.4, -0.2) is 4.98 Å². The maximum absolute atomic E-state index is 6.54. The van der Waals surface area contributed by atoms with Crippen molar-refractivity contribution in [2.75, 3.05) is 4.90 Å². The highest BCUT2D eigenvalue weighted by molar-refractivity contribution is 6.17. The quantitative estimate of drug-likeness (QED) is 0.173. The average molecular weight is 695 g/mol. The molecule has 11 rings (SSSR count). The zero-order valence-electron chi connectivity index (χ0n) is 28.9. The van der Waals surface area contributed by atoms with E-state index in [0.29, 0.717) is 5.89 Å². The second-order valence-corrected chi connectivity index (χ2v) is 13.5. The van der Waals surface area contributed by atoms with Gasteiger partial charge in [0.15, 0.2) is 5.58 Å². The van der Waals surface area contributed by atoms with E-state index in [0.717, 1.165) is 94.3 Å². The first kappa shape index (κ1) is 30.3. The number of rotatable bonds is 6. The highest BCUT2D eigenvalue weighted by Gasteiger charge is 2.20. The number of benzene rings is 8. The summed E-state index contributed by atoms with van der Waals surface area (Å²) in [4.78, 5) is 7.08. The molecule has 0 aliphatic carbocycles. The van der Waals surface area contributed by atoms with E-state index in [9.17, 15) is 0 Å². The number of furan rings is 2. The lowest BCUT2D eigenvalue weighted by Crippen LogP contribution is -2.09. The maximum Gasteiger partial charge on any atom is 0.227 e. The molecular formula is C49H30N2O3. The Hall–Kier alpha value is -7.37. The predicted molar refractivity (Wildman–Crippen MR) is 220 cm³/mol. The Bertz CT molecular complexity index is 3140. The zero-order valence-corrected chi connectivity index (χ0v) is 28.9. The summed E-state index contributed by atoms with van der Waals surface area (Å²) in [6.07, 6.45) is 0. The smallest absolute Gasteiger partial charge is 0.227 e. The van der Waals surface area contributed by atoms with Crippen molar-refractivity contribution in [1.82, 2.24) is 4.98 Å². The first-order valence-electron chi connectivity index (χ1n) is 18.0. The van der Waals surface area contributed by atoms with Gasteiger partial charge in [0.05, 0.1) is 5.39 Å². The van der Waals surface area contributed by atoms with E-state index in [1.165, 1.54) is 5.56 Å². The predicted octanol–water partition coefficient (Wildman–Crippen LogP) is 14.1. The van der Waals surface area contributed by atoms with Crippen molar-refractivity contribution < 1.29 is 13.3 Å². The van der Waals surface area contributed by atoms with Crippen LogP contribution in [0.2, 0.25) is 0 Å². The first-order chi connectivity index (χ1) is 26.7. The van der Waals surface area contributed by atoms with Gasteiger partial charge in [0, 0.05) is 44.9 Å². The zero-order chi connectivity index (χ0) is 35.6. The highest BCUT2D eigenvalue weighted by atomic mass is 16.4. The number of nitrogens with zero attached hydrogens (tertiary/aromatic N) is 2. The summed E-state index contributed by atoms with van der Waals surface area (Å²) < 4.78 is 19.1. The van der Waals surface area contributed by atoms with Crippen LogP contribution in [0.1, 0.15) is 0 Å². The summed E-state index contributed by atoms with van der Waals surface area (Å²) in [6, 6.07) is 62.8. The minimum atomic E-state index is 0.592. The van der Waals surface area contributed by atoms with Crippen molar-refractivity contribution in [2.24, 2.45) is 0 Å². The summed E-state index contributed by atoms with van der Waals surface area (Å²) in [5, 5.41) is 4.14. The summed E-state index contributed by atoms with van der Waals surface area (Å²) in [6.45, 7) is 0. The Balaban J connectivity index is 1.04. The van der Waals surface area contributed by atoms with Crippen LogP contribution in [-0.2, 0) is 0 Å². The van der Waals surface area contributed by atoms with Gasteiger partial charge in [-0.2, -0.15) is 0 Å². The number of hydrogen-bond donors (Lipinski definition) is 0. The SMILES string of the molecule is c1ccc(-c2ccc(N(c3ccc(-c4cccc5oc6ccccc6c45)cc3)c3ccc4c(c3)oc3ccc5nc(-c6ccccc6)oc5c34)cc2)cc1. The van der Waals surface area contributed by atoms with Crippen LogP contribution in [0, 0.1) is 0 Å². The van der Waals surface area contributed by atoms with Gasteiger partial charge >= 0.3 is 0 Å². The molecule has 54 heavy (non-hydrogen) atoms. The second kappa shape index (κ2) is 12.1. The highest BCUT2D eigenvalue weighted by Crippen LogP contribution is 2.43. The molecule has 0 spiro atoms. The molecule has 5 heteroatoms. The van der Waals surface area contributed by atoms with E-state index in [1.807, 2.05) is 66.7 Å². The van der Waals surface area contributed by atoms with Crippen LogP contribution in [0.25, 0.3) is 88.7 Å². The lowest BCUT2D eigenvalue weighted by atomic mass is 9.99. The largest absolute Gasteiger partial charge is 0.456 e. The number of anilines is 3. The van der Waals surface area contributed by atoms with E-state index < -0.39 is 0 Å². The monoisotopic (exact) mass is 694 g/mol. The molecule has 0 N–H and O–H groups in total. The number of hydrogen-bond acceptors (Lipinski definition) is 5. The summed E-state index contributed by atoms with van der Waals surface area (Å²) in [5.74, 6) is 0.592. The number of fused-ring (bicyclic) bond motifs is 8. The van der Waals surface area contributed by atoms with Gasteiger partial charge in [-0.1, -0.05) is 103 Å². The molecule has 0 aliphatic heterocycles. The average Bonchev–Trinajstić information content (AvgIpc) is 3.95. The van der Waals surface area contributed by atoms with Crippen LogP contribution in [0.5, 0.6) is 0 Å². The Morgan fingerprint density at radius 1 is 0.370 bits per heavy atom. The minimum Gasteiger partial charge on any atom is -0.456 e. The van der Waals surface area contributed by atoms with Crippen LogP contribution in [0.15, 0.2) is 195 Å². The fraction of sp³-hybridized carbons (Fsp3) is 0. The maximum atomic E-state index is 6.54. The van der Waals surface area contributed by atoms with Crippen molar-refractivity contribution in [1.29, 1.82) is 0 Å². The summed E-state index contributed by atoms with van der Waals surface area (Å²) in [5.41, 5.74) is 13.4. The van der Waals surface area contributed by atoms with Gasteiger partial charge < -0.3 is 18.2 Å². The molecule has 3 aromatic heterocycles. The summed E-state index contributed by atoms with van der Waals surface area (Å²) >= 11 is 0. The van der Waals surface area contributed by atoms with E-state index in [-0.39, 0.29) is 0 Å². The van der Waals surface area contributed by atoms with Crippen molar-refractivity contribution in [3.63, 3.8) is 0 Å². The van der Waals surface area contributed by atoms with E-state index in [1.54, 1.807) is 0 Å². The Labute approximate surface area is 309 Å². The minimum absolute atomic E-state index is 0.592. The summed E-state index contributed by atoms with van der Waals surface area (Å²) in [7, 11) is 0. The molecule has 11 aromatic rings. The van der Waals surface area contributed by atoms with Gasteiger partial charge in [-0.3, -0.25) is 0 Å². The number of para-hydroxylation sites is 1. The van der Waals surface area contributed by atoms with Crippen LogP contribution in [0.3, 0.4) is 0 Å². The molecule has 0 radical (unpaired) electrons. The normalized spacial score (nSPS) is 11.7. The van der Waals surface area contributed by atoms with Crippen molar-refractivity contribution >= 4 is 72.0 Å². The van der Waals surface area contributed by atoms with E-state index in [4.69, 9.17) is 18.2 Å². The van der Waals surface area contributed by atoms with Gasteiger partial charge in [-0.05, 0) is 95.1 Å². The van der Waals surface area contributed by atoms with Crippen molar-refractivity contribution in [3.05, 3.63) is 182 Å². The molecule has 0 fully saturated rings. The Morgan fingerprint density at radius 2 is 0.963 bits per heavy atom. The molecule has 3 heterocycles. The molecule has 0 amide bonds. The first-order valence-corrected chi connectivity index (χ1v) is 18.0. The third kappa shape index (κ3) is 4.90. The van der Waals surface area contributed by atoms with Gasteiger partial charge in [0.2, 0.25) is 5.89 Å². The third-order valence-corrected chi connectivity index (χ3v) is 10.3. The van der Waals surface area contributed by atoms with Gasteiger partial charge in [0.25, 0.3) is 0 Å². The fourth-order valence-corrected chi connectivity index (χ4v) is 7.76. The molecule has 5 nitrogen and oxygen atoms in total. The van der Waals surface area contributed by atoms with Crippen LogP contribution >= 0.6 is 0 Å². The molecule has 8 aromatic carbocycles. The molecule has 0 aliphatic rings. The lowest BCUT2D eigenvalue weighted by Gasteiger charge is -2.26. The Kier molecular flexibility index (Phi) is 6.79. The van der Waals surface area contributed by atoms with Crippen molar-refractivity contribution in [3.8, 4) is 33.7 Å². The number of oxazole rings is 1. The Morgan fingerprint density at radius 3 is 1.74 bits per heavy atom. The van der Waals surface area contributed by atoms with Crippen LogP contribution < -0.4 is 4.90 Å². The topological polar surface area (TPSA) is 55.6 Å². The van der Waals surface area contributed by atoms with Crippen molar-refractivity contribution in [2.45, 2.75) is 0 Å². The van der Waals surface area contributed by atoms with Gasteiger partial charge in [-0.15, -0.1) is 0 Å². The van der Waals surface area contributed by atoms with E-state index >= 15 is 0 Å². The third-order valence-electron chi connectivity index (χ3n) is 10.3. The molecule has 254 valence electrons. The standard InChI is InChI=1S/C49H30N2O3/c1-3-10-31(11-4-1)32-18-22-35(23-19-32)51(36-24-20-33(21-25-36)38-15-9-17-43-46(38)39-14-7-8-16-42(39)52-43)37-26-27-40-45(30-37)53-44-29-28-41-48(47(40)44)54-49(50-41)34-12-5-2-6-13-34/h1-30H. The van der Waals surface area contributed by atoms with Gasteiger partial charge in [-0.25, -0.2) is 4.98 Å². The second-order valence-electron chi connectivity index (χ2n) is 13.5. The van der Waals surface area contributed by atoms with Gasteiger partial charge in [0.1, 0.15) is 27.8 Å². The molecule has 0 atom stereocenters. The van der Waals surface area contributed by atoms with Crippen LogP contribution in [0.4, 0.5) is 17.1 Å². The van der Waals surface area contributed by atoms with E-state index in [2.05, 4.69) is 120 Å². The lowest BCUT2D eigenvalue weighted by molar-refractivity contribution is 0.622. The molecule has 0 bridgehead atoms. The molecule has 0 unspecified atom stereocenters. The fourth-order valence-electron chi connectivity index (χ4n) is 7.76. The number of aromatic nitrogens is 1. The molecule has 0 saturated carbocycles. The molecule has 0 saturated heterocycles.